The Morgan fingerprint density at radius 1 is 0.968 bits per heavy atom. The Morgan fingerprint density at radius 3 is 2.48 bits per heavy atom. The summed E-state index contributed by atoms with van der Waals surface area (Å²) in [6.07, 6.45) is 2.45. The Bertz CT molecular complexity index is 895. The molecule has 2 amide bonds. The molecule has 31 heavy (non-hydrogen) atoms. The number of carbonyl (C=O) groups is 2. The van der Waals surface area contributed by atoms with E-state index in [0.29, 0.717) is 31.9 Å². The van der Waals surface area contributed by atoms with Crippen LogP contribution >= 0.6 is 0 Å². The van der Waals surface area contributed by atoms with Gasteiger partial charge in [0.15, 0.2) is 11.5 Å². The Kier molecular flexibility index (Phi) is 7.04. The monoisotopic (exact) mass is 423 g/mol. The minimum absolute atomic E-state index is 0.0315. The molecule has 4 rings (SSSR count). The predicted octanol–water partition coefficient (Wildman–Crippen LogP) is 2.01. The lowest BCUT2D eigenvalue weighted by Gasteiger charge is -2.31. The molecular weight excluding hydrogens is 394 g/mol. The number of ether oxygens (including phenoxy) is 2. The van der Waals surface area contributed by atoms with Gasteiger partial charge in [-0.15, -0.1) is 0 Å². The number of piperidine rings is 1. The van der Waals surface area contributed by atoms with Crippen molar-refractivity contribution in [2.45, 2.75) is 25.3 Å². The van der Waals surface area contributed by atoms with Crippen molar-refractivity contribution < 1.29 is 19.1 Å². The molecule has 0 aliphatic carbocycles. The molecule has 0 aromatic heterocycles. The van der Waals surface area contributed by atoms with Gasteiger partial charge in [0.25, 0.3) is 5.91 Å². The van der Waals surface area contributed by atoms with Crippen molar-refractivity contribution in [1.29, 1.82) is 0 Å². The maximum absolute atomic E-state index is 12.3. The molecule has 7 nitrogen and oxygen atoms in total. The van der Waals surface area contributed by atoms with Gasteiger partial charge >= 0.3 is 0 Å². The highest BCUT2D eigenvalue weighted by Crippen LogP contribution is 2.30. The minimum atomic E-state index is -0.0315. The second-order valence-corrected chi connectivity index (χ2v) is 7.97. The van der Waals surface area contributed by atoms with Gasteiger partial charge < -0.3 is 20.1 Å². The van der Waals surface area contributed by atoms with Crippen LogP contribution in [0.15, 0.2) is 48.5 Å². The van der Waals surface area contributed by atoms with Gasteiger partial charge in [-0.2, -0.15) is 0 Å². The molecule has 0 saturated carbocycles. The molecule has 1 fully saturated rings. The standard InChI is InChI=1S/C24H29N3O4/c28-23(25-11-8-18-6-7-21-22(16-18)31-15-14-30-21)17-27-12-9-20(10-13-27)26-24(29)19-4-2-1-3-5-19/h1-7,16,20H,8-15,17H2,(H,25,28)(H,26,29). The first-order valence-corrected chi connectivity index (χ1v) is 10.9. The number of fused-ring (bicyclic) bond motifs is 1. The van der Waals surface area contributed by atoms with Gasteiger partial charge in [-0.25, -0.2) is 0 Å². The van der Waals surface area contributed by atoms with Crippen LogP contribution in [0.1, 0.15) is 28.8 Å². The van der Waals surface area contributed by atoms with E-state index in [4.69, 9.17) is 9.47 Å². The molecule has 0 bridgehead atoms. The van der Waals surface area contributed by atoms with Gasteiger partial charge in [0.1, 0.15) is 13.2 Å². The summed E-state index contributed by atoms with van der Waals surface area (Å²) in [5, 5.41) is 6.10. The second-order valence-electron chi connectivity index (χ2n) is 7.97. The van der Waals surface area contributed by atoms with E-state index >= 15 is 0 Å². The third-order valence-corrected chi connectivity index (χ3v) is 5.67. The molecule has 2 aromatic carbocycles. The topological polar surface area (TPSA) is 79.9 Å². The summed E-state index contributed by atoms with van der Waals surface area (Å²) in [6, 6.07) is 15.3. The molecule has 0 unspecified atom stereocenters. The first-order valence-electron chi connectivity index (χ1n) is 10.9. The quantitative estimate of drug-likeness (QED) is 0.712. The molecule has 7 heteroatoms. The fourth-order valence-corrected chi connectivity index (χ4v) is 3.94. The predicted molar refractivity (Wildman–Crippen MR) is 118 cm³/mol. The van der Waals surface area contributed by atoms with Crippen LogP contribution in [-0.2, 0) is 11.2 Å². The normalized spacial score (nSPS) is 16.5. The highest BCUT2D eigenvalue weighted by Gasteiger charge is 2.22. The number of likely N-dealkylation sites (tertiary alicyclic amines) is 1. The third kappa shape index (κ3) is 5.98. The van der Waals surface area contributed by atoms with E-state index in [2.05, 4.69) is 15.5 Å². The highest BCUT2D eigenvalue weighted by molar-refractivity contribution is 5.94. The second kappa shape index (κ2) is 10.3. The fraction of sp³-hybridized carbons (Fsp3) is 0.417. The molecular formula is C24H29N3O4. The van der Waals surface area contributed by atoms with Crippen LogP contribution in [0.25, 0.3) is 0 Å². The van der Waals surface area contributed by atoms with Gasteiger partial charge in [0.2, 0.25) is 5.91 Å². The molecule has 0 atom stereocenters. The van der Waals surface area contributed by atoms with Crippen molar-refractivity contribution in [1.82, 2.24) is 15.5 Å². The number of hydrogen-bond acceptors (Lipinski definition) is 5. The Hall–Kier alpha value is -3.06. The summed E-state index contributed by atoms with van der Waals surface area (Å²) >= 11 is 0. The van der Waals surface area contributed by atoms with Crippen LogP contribution in [0.2, 0.25) is 0 Å². The third-order valence-electron chi connectivity index (χ3n) is 5.67. The van der Waals surface area contributed by atoms with Gasteiger partial charge in [-0.1, -0.05) is 24.3 Å². The van der Waals surface area contributed by atoms with Crippen molar-refractivity contribution in [2.75, 3.05) is 39.4 Å². The summed E-state index contributed by atoms with van der Waals surface area (Å²) in [6.45, 7) is 3.73. The number of nitrogens with zero attached hydrogens (tertiary/aromatic N) is 1. The van der Waals surface area contributed by atoms with Crippen molar-refractivity contribution in [3.8, 4) is 11.5 Å². The van der Waals surface area contributed by atoms with Gasteiger partial charge in [0, 0.05) is 31.2 Å². The molecule has 164 valence electrons. The Balaban J connectivity index is 1.14. The van der Waals surface area contributed by atoms with Crippen LogP contribution in [-0.4, -0.2) is 62.1 Å². The van der Waals surface area contributed by atoms with E-state index < -0.39 is 0 Å². The van der Waals surface area contributed by atoms with E-state index in [9.17, 15) is 9.59 Å². The molecule has 0 spiro atoms. The van der Waals surface area contributed by atoms with E-state index in [1.165, 1.54) is 0 Å². The number of nitrogens with one attached hydrogen (secondary N) is 2. The maximum Gasteiger partial charge on any atom is 0.251 e. The zero-order valence-corrected chi connectivity index (χ0v) is 17.6. The SMILES string of the molecule is O=C(CN1CCC(NC(=O)c2ccccc2)CC1)NCCc1ccc2c(c1)OCCO2. The smallest absolute Gasteiger partial charge is 0.251 e. The van der Waals surface area contributed by atoms with Gasteiger partial charge in [-0.3, -0.25) is 14.5 Å². The number of hydrogen-bond donors (Lipinski definition) is 2. The lowest BCUT2D eigenvalue weighted by Crippen LogP contribution is -2.47. The molecule has 2 aliphatic heterocycles. The van der Waals surface area contributed by atoms with E-state index in [1.54, 1.807) is 0 Å². The van der Waals surface area contributed by atoms with E-state index in [1.807, 2.05) is 48.5 Å². The first-order chi connectivity index (χ1) is 15.2. The minimum Gasteiger partial charge on any atom is -0.486 e. The van der Waals surface area contributed by atoms with Gasteiger partial charge in [0.05, 0.1) is 6.54 Å². The van der Waals surface area contributed by atoms with Gasteiger partial charge in [-0.05, 0) is 49.1 Å². The van der Waals surface area contributed by atoms with E-state index in [-0.39, 0.29) is 17.9 Å². The number of rotatable bonds is 7. The molecule has 2 aromatic rings. The molecule has 2 heterocycles. The van der Waals surface area contributed by atoms with Crippen LogP contribution < -0.4 is 20.1 Å². The first kappa shape index (κ1) is 21.2. The highest BCUT2D eigenvalue weighted by atomic mass is 16.6. The molecule has 0 radical (unpaired) electrons. The van der Waals surface area contributed by atoms with Crippen LogP contribution in [0.3, 0.4) is 0 Å². The molecule has 1 saturated heterocycles. The number of carbonyl (C=O) groups excluding carboxylic acids is 2. The summed E-state index contributed by atoms with van der Waals surface area (Å²) in [4.78, 5) is 26.7. The maximum atomic E-state index is 12.3. The Labute approximate surface area is 182 Å². The summed E-state index contributed by atoms with van der Waals surface area (Å²) in [5.41, 5.74) is 1.79. The zero-order valence-electron chi connectivity index (χ0n) is 17.6. The number of amides is 2. The lowest BCUT2D eigenvalue weighted by atomic mass is 10.0. The molecule has 2 aliphatic rings. The Morgan fingerprint density at radius 2 is 1.71 bits per heavy atom. The van der Waals surface area contributed by atoms with Crippen LogP contribution in [0, 0.1) is 0 Å². The summed E-state index contributed by atoms with van der Waals surface area (Å²) in [7, 11) is 0. The van der Waals surface area contributed by atoms with Crippen LogP contribution in [0.4, 0.5) is 0 Å². The van der Waals surface area contributed by atoms with Crippen molar-refractivity contribution in [2.24, 2.45) is 0 Å². The van der Waals surface area contributed by atoms with Crippen LogP contribution in [0.5, 0.6) is 11.5 Å². The number of benzene rings is 2. The zero-order chi connectivity index (χ0) is 21.5. The van der Waals surface area contributed by atoms with Crippen molar-refractivity contribution in [3.63, 3.8) is 0 Å². The van der Waals surface area contributed by atoms with E-state index in [0.717, 1.165) is 49.4 Å². The fourth-order valence-electron chi connectivity index (χ4n) is 3.94. The summed E-state index contributed by atoms with van der Waals surface area (Å²) < 4.78 is 11.1. The molecule has 2 N–H and O–H groups in total. The average molecular weight is 424 g/mol. The lowest BCUT2D eigenvalue weighted by molar-refractivity contribution is -0.122. The van der Waals surface area contributed by atoms with Crippen molar-refractivity contribution >= 4 is 11.8 Å². The average Bonchev–Trinajstić information content (AvgIpc) is 2.81. The summed E-state index contributed by atoms with van der Waals surface area (Å²) in [5.74, 6) is 1.56. The van der Waals surface area contributed by atoms with Crippen molar-refractivity contribution in [3.05, 3.63) is 59.7 Å². The largest absolute Gasteiger partial charge is 0.486 e.